The normalized spacial score (nSPS) is 11.3. The van der Waals surface area contributed by atoms with E-state index in [1.54, 1.807) is 13.1 Å². The van der Waals surface area contributed by atoms with Crippen molar-refractivity contribution in [1.82, 2.24) is 14.5 Å². The second-order valence-electron chi connectivity index (χ2n) is 5.47. The van der Waals surface area contributed by atoms with Crippen molar-refractivity contribution in [3.05, 3.63) is 31.8 Å². The SMILES string of the molecule is CC(C)CCNC(=O)c1cc2c(=O)n(C)c(=O)n(C)c2s1. The standard InChI is InChI=1S/C14H19N3O3S/c1-8(2)5-6-15-11(18)10-7-9-12(19)16(3)14(20)17(4)13(9)21-10/h7-8H,5-6H2,1-4H3,(H,15,18). The predicted molar refractivity (Wildman–Crippen MR) is 84.1 cm³/mol. The first-order valence-corrected chi connectivity index (χ1v) is 7.62. The molecule has 0 radical (unpaired) electrons. The van der Waals surface area contributed by atoms with Gasteiger partial charge < -0.3 is 5.32 Å². The molecule has 0 spiro atoms. The van der Waals surface area contributed by atoms with Crippen LogP contribution < -0.4 is 16.6 Å². The van der Waals surface area contributed by atoms with Gasteiger partial charge in [0, 0.05) is 20.6 Å². The summed E-state index contributed by atoms with van der Waals surface area (Å²) in [6.07, 6.45) is 0.900. The summed E-state index contributed by atoms with van der Waals surface area (Å²) in [6, 6.07) is 1.56. The average molecular weight is 309 g/mol. The molecule has 7 heteroatoms. The van der Waals surface area contributed by atoms with E-state index in [0.717, 1.165) is 11.0 Å². The number of thiophene rings is 1. The summed E-state index contributed by atoms with van der Waals surface area (Å²) >= 11 is 1.17. The third-order valence-electron chi connectivity index (χ3n) is 3.36. The molecular weight excluding hydrogens is 290 g/mol. The Hall–Kier alpha value is -1.89. The lowest BCUT2D eigenvalue weighted by Crippen LogP contribution is -2.36. The zero-order valence-corrected chi connectivity index (χ0v) is 13.4. The van der Waals surface area contributed by atoms with E-state index >= 15 is 0 Å². The second-order valence-corrected chi connectivity index (χ2v) is 6.50. The van der Waals surface area contributed by atoms with Crippen LogP contribution in [0, 0.1) is 5.92 Å². The number of aromatic nitrogens is 2. The van der Waals surface area contributed by atoms with E-state index in [-0.39, 0.29) is 17.2 Å². The molecule has 1 N–H and O–H groups in total. The molecule has 0 unspecified atom stereocenters. The summed E-state index contributed by atoms with van der Waals surface area (Å²) in [4.78, 5) is 37.0. The zero-order valence-electron chi connectivity index (χ0n) is 12.6. The van der Waals surface area contributed by atoms with Crippen molar-refractivity contribution in [3.63, 3.8) is 0 Å². The fraction of sp³-hybridized carbons (Fsp3) is 0.500. The van der Waals surface area contributed by atoms with Crippen LogP contribution in [0.5, 0.6) is 0 Å². The Kier molecular flexibility index (Phi) is 4.32. The van der Waals surface area contributed by atoms with Crippen LogP contribution in [0.25, 0.3) is 10.2 Å². The Morgan fingerprint density at radius 2 is 1.95 bits per heavy atom. The third kappa shape index (κ3) is 2.92. The van der Waals surface area contributed by atoms with Gasteiger partial charge in [0.2, 0.25) is 0 Å². The number of hydrogen-bond donors (Lipinski definition) is 1. The van der Waals surface area contributed by atoms with Gasteiger partial charge in [0.25, 0.3) is 11.5 Å². The van der Waals surface area contributed by atoms with Crippen LogP contribution in [-0.2, 0) is 14.1 Å². The highest BCUT2D eigenvalue weighted by molar-refractivity contribution is 7.20. The van der Waals surface area contributed by atoms with Gasteiger partial charge in [0.15, 0.2) is 0 Å². The Bertz CT molecular complexity index is 798. The van der Waals surface area contributed by atoms with Crippen LogP contribution >= 0.6 is 11.3 Å². The zero-order chi connectivity index (χ0) is 15.7. The van der Waals surface area contributed by atoms with Crippen molar-refractivity contribution < 1.29 is 4.79 Å². The van der Waals surface area contributed by atoms with Crippen molar-refractivity contribution in [1.29, 1.82) is 0 Å². The molecule has 114 valence electrons. The maximum absolute atomic E-state index is 12.1. The van der Waals surface area contributed by atoms with Crippen LogP contribution in [0.2, 0.25) is 0 Å². The summed E-state index contributed by atoms with van der Waals surface area (Å²) < 4.78 is 2.45. The molecule has 2 rings (SSSR count). The minimum atomic E-state index is -0.388. The molecule has 0 aromatic carbocycles. The topological polar surface area (TPSA) is 73.1 Å². The molecule has 21 heavy (non-hydrogen) atoms. The fourth-order valence-electron chi connectivity index (χ4n) is 2.04. The average Bonchev–Trinajstić information content (AvgIpc) is 2.87. The van der Waals surface area contributed by atoms with E-state index in [2.05, 4.69) is 19.2 Å². The Morgan fingerprint density at radius 3 is 2.57 bits per heavy atom. The molecular formula is C14H19N3O3S. The van der Waals surface area contributed by atoms with E-state index < -0.39 is 0 Å². The van der Waals surface area contributed by atoms with Gasteiger partial charge in [-0.2, -0.15) is 0 Å². The second kappa shape index (κ2) is 5.85. The molecule has 0 aliphatic rings. The molecule has 0 fully saturated rings. The van der Waals surface area contributed by atoms with Gasteiger partial charge in [0.05, 0.1) is 10.3 Å². The van der Waals surface area contributed by atoms with Crippen LogP contribution in [0.3, 0.4) is 0 Å². The minimum Gasteiger partial charge on any atom is -0.351 e. The highest BCUT2D eigenvalue weighted by Crippen LogP contribution is 2.21. The van der Waals surface area contributed by atoms with Gasteiger partial charge in [0.1, 0.15) is 4.83 Å². The van der Waals surface area contributed by atoms with Gasteiger partial charge in [-0.15, -0.1) is 11.3 Å². The molecule has 0 atom stereocenters. The Morgan fingerprint density at radius 1 is 1.29 bits per heavy atom. The molecule has 1 amide bonds. The first-order valence-electron chi connectivity index (χ1n) is 6.80. The van der Waals surface area contributed by atoms with Gasteiger partial charge in [-0.1, -0.05) is 13.8 Å². The van der Waals surface area contributed by atoms with Crippen LogP contribution in [0.15, 0.2) is 15.7 Å². The van der Waals surface area contributed by atoms with Crippen molar-refractivity contribution in [2.45, 2.75) is 20.3 Å². The van der Waals surface area contributed by atoms with Crippen molar-refractivity contribution in [3.8, 4) is 0 Å². The molecule has 2 heterocycles. The summed E-state index contributed by atoms with van der Waals surface area (Å²) in [7, 11) is 3.03. The number of aryl methyl sites for hydroxylation is 1. The highest BCUT2D eigenvalue weighted by atomic mass is 32.1. The van der Waals surface area contributed by atoms with Gasteiger partial charge in [-0.25, -0.2) is 4.79 Å². The molecule has 2 aromatic heterocycles. The smallest absolute Gasteiger partial charge is 0.331 e. The number of hydrogen-bond acceptors (Lipinski definition) is 4. The molecule has 2 aromatic rings. The number of carbonyl (C=O) groups is 1. The summed E-state index contributed by atoms with van der Waals surface area (Å²) in [5, 5.41) is 3.24. The molecule has 0 saturated heterocycles. The minimum absolute atomic E-state index is 0.202. The van der Waals surface area contributed by atoms with Crippen LogP contribution in [-0.4, -0.2) is 21.6 Å². The summed E-state index contributed by atoms with van der Waals surface area (Å²) in [5.41, 5.74) is -0.758. The van der Waals surface area contributed by atoms with Crippen LogP contribution in [0.4, 0.5) is 0 Å². The van der Waals surface area contributed by atoms with Crippen LogP contribution in [0.1, 0.15) is 29.9 Å². The number of nitrogens with one attached hydrogen (secondary N) is 1. The van der Waals surface area contributed by atoms with Gasteiger partial charge in [-0.05, 0) is 18.4 Å². The number of nitrogens with zero attached hydrogens (tertiary/aromatic N) is 2. The Labute approximate surface area is 126 Å². The number of rotatable bonds is 4. The number of carbonyl (C=O) groups excluding carboxylic acids is 1. The van der Waals surface area contributed by atoms with Crippen molar-refractivity contribution in [2.75, 3.05) is 6.54 Å². The molecule has 0 bridgehead atoms. The van der Waals surface area contributed by atoms with Gasteiger partial charge >= 0.3 is 5.69 Å². The third-order valence-corrected chi connectivity index (χ3v) is 4.57. The summed E-state index contributed by atoms with van der Waals surface area (Å²) in [6.45, 7) is 4.78. The largest absolute Gasteiger partial charge is 0.351 e. The molecule has 6 nitrogen and oxygen atoms in total. The summed E-state index contributed by atoms with van der Waals surface area (Å²) in [5.74, 6) is 0.312. The van der Waals surface area contributed by atoms with E-state index in [4.69, 9.17) is 0 Å². The monoisotopic (exact) mass is 309 g/mol. The molecule has 0 aliphatic heterocycles. The fourth-order valence-corrected chi connectivity index (χ4v) is 3.06. The van der Waals surface area contributed by atoms with Crippen molar-refractivity contribution >= 4 is 27.5 Å². The lowest BCUT2D eigenvalue weighted by atomic mass is 10.1. The predicted octanol–water partition coefficient (Wildman–Crippen LogP) is 1.07. The highest BCUT2D eigenvalue weighted by Gasteiger charge is 2.16. The maximum atomic E-state index is 12.1. The molecule has 0 aliphatic carbocycles. The lowest BCUT2D eigenvalue weighted by molar-refractivity contribution is 0.0956. The first kappa shape index (κ1) is 15.5. The van der Waals surface area contributed by atoms with Crippen molar-refractivity contribution in [2.24, 2.45) is 20.0 Å². The van der Waals surface area contributed by atoms with Gasteiger partial charge in [-0.3, -0.25) is 18.7 Å². The molecule has 0 saturated carbocycles. The van der Waals surface area contributed by atoms with E-state index in [0.29, 0.717) is 27.6 Å². The van der Waals surface area contributed by atoms with E-state index in [1.807, 2.05) is 0 Å². The number of fused-ring (bicyclic) bond motifs is 1. The first-order chi connectivity index (χ1) is 9.82. The lowest BCUT2D eigenvalue weighted by Gasteiger charge is -2.05. The quantitative estimate of drug-likeness (QED) is 0.918. The maximum Gasteiger partial charge on any atom is 0.331 e. The van der Waals surface area contributed by atoms with E-state index in [9.17, 15) is 14.4 Å². The number of amides is 1. The van der Waals surface area contributed by atoms with E-state index in [1.165, 1.54) is 23.0 Å². The Balaban J connectivity index is 2.38.